The van der Waals surface area contributed by atoms with Crippen molar-refractivity contribution in [1.82, 2.24) is 9.13 Å². The third kappa shape index (κ3) is 5.88. The van der Waals surface area contributed by atoms with Crippen LogP contribution in [-0.2, 0) is 0 Å². The van der Waals surface area contributed by atoms with Crippen LogP contribution in [0.15, 0.2) is 216 Å². The second kappa shape index (κ2) is 14.9. The Kier molecular flexibility index (Phi) is 8.97. The van der Waals surface area contributed by atoms with Gasteiger partial charge >= 0.3 is 0 Å². The van der Waals surface area contributed by atoms with Gasteiger partial charge in [-0.15, -0.1) is 0 Å². The predicted molar refractivity (Wildman–Crippen MR) is 264 cm³/mol. The van der Waals surface area contributed by atoms with E-state index >= 15 is 0 Å². The minimum atomic E-state index is 0.659. The molecule has 4 nitrogen and oxygen atoms in total. The maximum absolute atomic E-state index is 5.33. The molecule has 2 heterocycles. The van der Waals surface area contributed by atoms with Crippen molar-refractivity contribution >= 4 is 103 Å². The van der Waals surface area contributed by atoms with Crippen LogP contribution in [0.3, 0.4) is 0 Å². The van der Waals surface area contributed by atoms with Gasteiger partial charge < -0.3 is 9.13 Å². The number of aliphatic imine (C=N–C) groups is 2. The quantitative estimate of drug-likeness (QED) is 0.0906. The van der Waals surface area contributed by atoms with E-state index in [0.29, 0.717) is 5.84 Å². The van der Waals surface area contributed by atoms with Crippen molar-refractivity contribution in [2.75, 3.05) is 0 Å². The Balaban J connectivity index is 1.20. The normalized spacial score (nSPS) is 12.8. The van der Waals surface area contributed by atoms with Crippen LogP contribution in [0, 0.1) is 0 Å². The van der Waals surface area contributed by atoms with Gasteiger partial charge in [-0.1, -0.05) is 170 Å². The minimum Gasteiger partial charge on any atom is -0.309 e. The zero-order chi connectivity index (χ0) is 40.2. The van der Waals surface area contributed by atoms with Crippen molar-refractivity contribution in [3.05, 3.63) is 223 Å². The molecule has 60 heavy (non-hydrogen) atoms. The van der Waals surface area contributed by atoms with Crippen LogP contribution in [0.1, 0.15) is 23.6 Å². The van der Waals surface area contributed by atoms with E-state index in [1.807, 2.05) is 31.2 Å². The highest BCUT2D eigenvalue weighted by Gasteiger charge is 2.23. The molecule has 5 heteroatoms. The van der Waals surface area contributed by atoms with E-state index in [1.165, 1.54) is 43.4 Å². The number of nitrogens with zero attached hydrogens (tertiary/aromatic N) is 4. The van der Waals surface area contributed by atoms with E-state index in [0.717, 1.165) is 59.3 Å². The monoisotopic (exact) mass is 880 g/mol. The van der Waals surface area contributed by atoms with Gasteiger partial charge in [-0.3, -0.25) is 0 Å². The molecular formula is C55H37IN4. The van der Waals surface area contributed by atoms with Crippen LogP contribution in [-0.4, -0.2) is 18.7 Å². The number of hydrogen-bond donors (Lipinski definition) is 0. The molecule has 0 aliphatic rings. The highest BCUT2D eigenvalue weighted by molar-refractivity contribution is 14.1. The number of fused-ring (bicyclic) bond motifs is 10. The van der Waals surface area contributed by atoms with Crippen molar-refractivity contribution in [2.45, 2.75) is 6.92 Å². The molecule has 11 rings (SSSR count). The number of rotatable bonds is 6. The van der Waals surface area contributed by atoms with E-state index in [-0.39, 0.29) is 0 Å². The van der Waals surface area contributed by atoms with E-state index in [1.54, 1.807) is 0 Å². The highest BCUT2D eigenvalue weighted by Crippen LogP contribution is 2.44. The second-order valence-electron chi connectivity index (χ2n) is 15.0. The van der Waals surface area contributed by atoms with E-state index in [9.17, 15) is 0 Å². The fourth-order valence-electron chi connectivity index (χ4n) is 9.01. The van der Waals surface area contributed by atoms with Crippen molar-refractivity contribution in [2.24, 2.45) is 9.98 Å². The lowest BCUT2D eigenvalue weighted by Crippen LogP contribution is -2.04. The molecule has 9 aromatic carbocycles. The summed E-state index contributed by atoms with van der Waals surface area (Å²) in [5, 5.41) is 9.64. The summed E-state index contributed by atoms with van der Waals surface area (Å²) in [7, 11) is 0. The molecule has 2 aromatic heterocycles. The van der Waals surface area contributed by atoms with Crippen LogP contribution in [0.25, 0.3) is 82.2 Å². The van der Waals surface area contributed by atoms with Gasteiger partial charge in [0, 0.05) is 43.7 Å². The lowest BCUT2D eigenvalue weighted by molar-refractivity contribution is 1.18. The Labute approximate surface area is 361 Å². The number of halogens is 1. The first kappa shape index (κ1) is 36.0. The molecule has 0 aliphatic heterocycles. The SMILES string of the molecule is C/C=C(/N=C(\N=C(/I)c1ccccc1)c1cccc2c(-n3c4ccccc4c4c3ccc3c5c6ccccc6ccc5n(-c5ccccc5)c34)cccc12)c1ccccc1. The maximum atomic E-state index is 5.33. The predicted octanol–water partition coefficient (Wildman–Crippen LogP) is 14.9. The number of hydrogen-bond acceptors (Lipinski definition) is 1. The Morgan fingerprint density at radius 3 is 1.85 bits per heavy atom. The minimum absolute atomic E-state index is 0.659. The summed E-state index contributed by atoms with van der Waals surface area (Å²) in [4.78, 5) is 10.6. The molecule has 284 valence electrons. The molecule has 0 saturated carbocycles. The zero-order valence-corrected chi connectivity index (χ0v) is 35.0. The van der Waals surface area contributed by atoms with Crippen molar-refractivity contribution in [1.29, 1.82) is 0 Å². The molecule has 0 aliphatic carbocycles. The van der Waals surface area contributed by atoms with Gasteiger partial charge in [0.1, 0.15) is 3.72 Å². The molecule has 11 aromatic rings. The summed E-state index contributed by atoms with van der Waals surface area (Å²) in [5.74, 6) is 0.659. The third-order valence-corrected chi connectivity index (χ3v) is 12.5. The molecular weight excluding hydrogens is 844 g/mol. The van der Waals surface area contributed by atoms with Gasteiger partial charge in [-0.05, 0) is 87.6 Å². The van der Waals surface area contributed by atoms with Crippen molar-refractivity contribution in [3.8, 4) is 11.4 Å². The van der Waals surface area contributed by atoms with E-state index < -0.39 is 0 Å². The zero-order valence-electron chi connectivity index (χ0n) is 32.8. The summed E-state index contributed by atoms with van der Waals surface area (Å²) in [6.07, 6.45) is 2.06. The van der Waals surface area contributed by atoms with Crippen LogP contribution in [0.2, 0.25) is 0 Å². The summed E-state index contributed by atoms with van der Waals surface area (Å²) in [6.45, 7) is 2.04. The van der Waals surface area contributed by atoms with Gasteiger partial charge in [0.15, 0.2) is 5.84 Å². The summed E-state index contributed by atoms with van der Waals surface area (Å²) in [5.41, 5.74) is 10.9. The first-order chi connectivity index (χ1) is 29.7. The molecule has 0 saturated heterocycles. The molecule has 0 radical (unpaired) electrons. The number of aromatic nitrogens is 2. The fraction of sp³-hybridized carbons (Fsp3) is 0.0182. The van der Waals surface area contributed by atoms with Gasteiger partial charge in [0.25, 0.3) is 0 Å². The Morgan fingerprint density at radius 1 is 0.450 bits per heavy atom. The topological polar surface area (TPSA) is 34.6 Å². The molecule has 0 fully saturated rings. The molecule has 0 N–H and O–H groups in total. The van der Waals surface area contributed by atoms with Crippen LogP contribution >= 0.6 is 22.6 Å². The molecule has 0 amide bonds. The smallest absolute Gasteiger partial charge is 0.161 e. The van der Waals surface area contributed by atoms with Gasteiger partial charge in [-0.25, -0.2) is 9.98 Å². The fourth-order valence-corrected chi connectivity index (χ4v) is 9.60. The summed E-state index contributed by atoms with van der Waals surface area (Å²) >= 11 is 2.35. The molecule has 0 atom stereocenters. The number of benzene rings is 9. The van der Waals surface area contributed by atoms with Crippen molar-refractivity contribution in [3.63, 3.8) is 0 Å². The Hall–Kier alpha value is -7.09. The lowest BCUT2D eigenvalue weighted by Gasteiger charge is -2.15. The average Bonchev–Trinajstić information content (AvgIpc) is 3.84. The molecule has 0 spiro atoms. The standard InChI is InChI=1S/C55H37IN4/c1-2-46(37-19-6-3-7-20-37)57-55(58-54(56)38-21-8-4-9-22-38)43-29-16-28-42-41(43)27-17-31-47(42)60-48-30-15-14-26-44(48)52-50(60)35-33-45-51-40-25-13-12-18-36(40)32-34-49(51)59(53(45)52)39-23-10-5-11-24-39/h2-35H,1H3/b46-2+,57-55-,58-54-. The average molecular weight is 881 g/mol. The first-order valence-corrected chi connectivity index (χ1v) is 21.3. The van der Waals surface area contributed by atoms with Crippen LogP contribution in [0.5, 0.6) is 0 Å². The summed E-state index contributed by atoms with van der Waals surface area (Å²) < 4.78 is 5.80. The number of para-hydroxylation sites is 2. The number of amidine groups is 1. The van der Waals surface area contributed by atoms with E-state index in [4.69, 9.17) is 9.98 Å². The molecule has 0 bridgehead atoms. The first-order valence-electron chi connectivity index (χ1n) is 20.2. The van der Waals surface area contributed by atoms with Gasteiger partial charge in [-0.2, -0.15) is 0 Å². The van der Waals surface area contributed by atoms with Crippen molar-refractivity contribution < 1.29 is 0 Å². The van der Waals surface area contributed by atoms with Crippen LogP contribution in [0.4, 0.5) is 0 Å². The van der Waals surface area contributed by atoms with Crippen LogP contribution < -0.4 is 0 Å². The van der Waals surface area contributed by atoms with E-state index in [2.05, 4.69) is 214 Å². The molecule has 0 unspecified atom stereocenters. The second-order valence-corrected chi connectivity index (χ2v) is 16.0. The number of allylic oxidation sites excluding steroid dienone is 1. The van der Waals surface area contributed by atoms with Gasteiger partial charge in [0.05, 0.1) is 33.5 Å². The maximum Gasteiger partial charge on any atom is 0.161 e. The Bertz CT molecular complexity index is 3540. The lowest BCUT2D eigenvalue weighted by atomic mass is 10.0. The Morgan fingerprint density at radius 2 is 1.07 bits per heavy atom. The third-order valence-electron chi connectivity index (χ3n) is 11.6. The van der Waals surface area contributed by atoms with Gasteiger partial charge in [0.2, 0.25) is 0 Å². The largest absolute Gasteiger partial charge is 0.309 e. The summed E-state index contributed by atoms with van der Waals surface area (Å²) in [6, 6.07) is 71.4. The highest BCUT2D eigenvalue weighted by atomic mass is 127.